The van der Waals surface area contributed by atoms with E-state index in [0.717, 1.165) is 25.3 Å². The molecule has 1 N–H and O–H groups in total. The smallest absolute Gasteiger partial charge is 0.0948 e. The quantitative estimate of drug-likeness (QED) is 0.774. The predicted octanol–water partition coefficient (Wildman–Crippen LogP) is 4.02. The van der Waals surface area contributed by atoms with Gasteiger partial charge in [-0.3, -0.25) is 0 Å². The van der Waals surface area contributed by atoms with Gasteiger partial charge in [0.1, 0.15) is 0 Å². The fourth-order valence-corrected chi connectivity index (χ4v) is 2.80. The van der Waals surface area contributed by atoms with Crippen LogP contribution in [0.25, 0.3) is 0 Å². The summed E-state index contributed by atoms with van der Waals surface area (Å²) in [5, 5.41) is 3.52. The minimum absolute atomic E-state index is 0.821. The minimum atomic E-state index is 0.821. The Morgan fingerprint density at radius 2 is 2.11 bits per heavy atom. The van der Waals surface area contributed by atoms with Crippen molar-refractivity contribution in [2.75, 3.05) is 11.1 Å². The number of rotatable bonds is 7. The van der Waals surface area contributed by atoms with Gasteiger partial charge in [0, 0.05) is 23.3 Å². The maximum atomic E-state index is 4.23. The third-order valence-corrected chi connectivity index (χ3v) is 3.87. The van der Waals surface area contributed by atoms with E-state index in [1.807, 2.05) is 24.3 Å². The topological polar surface area (TPSA) is 29.9 Å². The Balaban J connectivity index is 2.03. The molecule has 0 saturated heterocycles. The molecule has 102 valence electrons. The van der Waals surface area contributed by atoms with Gasteiger partial charge in [0.2, 0.25) is 0 Å². The van der Waals surface area contributed by atoms with Crippen LogP contribution in [0.1, 0.15) is 26.0 Å². The molecule has 0 amide bonds. The van der Waals surface area contributed by atoms with Crippen molar-refractivity contribution in [3.8, 4) is 0 Å². The molecule has 0 fully saturated rings. The van der Waals surface area contributed by atoms with E-state index in [4.69, 9.17) is 0 Å². The zero-order valence-electron chi connectivity index (χ0n) is 11.6. The van der Waals surface area contributed by atoms with Gasteiger partial charge in [-0.25, -0.2) is 4.98 Å². The highest BCUT2D eigenvalue weighted by Gasteiger charge is 2.04. The standard InChI is InChI=1S/C15H21N3S/c1-3-9-18-12-16-10-13(18)11-17-14-7-5-6-8-15(14)19-4-2/h5-8,10,12,17H,3-4,9,11H2,1-2H3. The second-order valence-corrected chi connectivity index (χ2v) is 5.67. The molecule has 0 spiro atoms. The van der Waals surface area contributed by atoms with E-state index in [9.17, 15) is 0 Å². The minimum Gasteiger partial charge on any atom is -0.379 e. The first-order valence-corrected chi connectivity index (χ1v) is 7.78. The van der Waals surface area contributed by atoms with E-state index in [0.29, 0.717) is 0 Å². The lowest BCUT2D eigenvalue weighted by Gasteiger charge is -2.12. The number of aromatic nitrogens is 2. The molecule has 2 aromatic rings. The summed E-state index contributed by atoms with van der Waals surface area (Å²) in [6, 6.07) is 8.47. The fraction of sp³-hybridized carbons (Fsp3) is 0.400. The molecule has 4 heteroatoms. The normalized spacial score (nSPS) is 10.6. The van der Waals surface area contributed by atoms with Crippen molar-refractivity contribution in [2.24, 2.45) is 0 Å². The molecule has 0 unspecified atom stereocenters. The number of thioether (sulfide) groups is 1. The Labute approximate surface area is 119 Å². The third kappa shape index (κ3) is 3.77. The van der Waals surface area contributed by atoms with Crippen LogP contribution in [0.15, 0.2) is 41.7 Å². The van der Waals surface area contributed by atoms with Crippen LogP contribution < -0.4 is 5.32 Å². The highest BCUT2D eigenvalue weighted by atomic mass is 32.2. The van der Waals surface area contributed by atoms with Crippen LogP contribution >= 0.6 is 11.8 Å². The summed E-state index contributed by atoms with van der Waals surface area (Å²) in [4.78, 5) is 5.54. The molecule has 2 rings (SSSR count). The van der Waals surface area contributed by atoms with Gasteiger partial charge in [0.25, 0.3) is 0 Å². The van der Waals surface area contributed by atoms with E-state index in [1.54, 1.807) is 0 Å². The number of hydrogen-bond acceptors (Lipinski definition) is 3. The van der Waals surface area contributed by atoms with Crippen LogP contribution in [-0.4, -0.2) is 15.3 Å². The molecule has 0 bridgehead atoms. The molecule has 0 saturated carbocycles. The summed E-state index contributed by atoms with van der Waals surface area (Å²) in [6.07, 6.45) is 4.98. The molecule has 0 aliphatic heterocycles. The number of benzene rings is 1. The molecule has 0 radical (unpaired) electrons. The molecule has 1 heterocycles. The average Bonchev–Trinajstić information content (AvgIpc) is 2.86. The zero-order chi connectivity index (χ0) is 13.5. The lowest BCUT2D eigenvalue weighted by molar-refractivity contribution is 0.651. The predicted molar refractivity (Wildman–Crippen MR) is 82.7 cm³/mol. The van der Waals surface area contributed by atoms with Crippen molar-refractivity contribution < 1.29 is 0 Å². The number of nitrogens with zero attached hydrogens (tertiary/aromatic N) is 2. The van der Waals surface area contributed by atoms with Crippen LogP contribution in [0, 0.1) is 0 Å². The maximum Gasteiger partial charge on any atom is 0.0948 e. The first kappa shape index (κ1) is 14.0. The number of nitrogens with one attached hydrogen (secondary N) is 1. The van der Waals surface area contributed by atoms with Crippen molar-refractivity contribution in [2.45, 2.75) is 38.3 Å². The summed E-state index contributed by atoms with van der Waals surface area (Å²) < 4.78 is 2.21. The number of aryl methyl sites for hydroxylation is 1. The van der Waals surface area contributed by atoms with E-state index >= 15 is 0 Å². The molecule has 3 nitrogen and oxygen atoms in total. The lowest BCUT2D eigenvalue weighted by atomic mass is 10.3. The number of anilines is 1. The van der Waals surface area contributed by atoms with Crippen LogP contribution in [0.3, 0.4) is 0 Å². The largest absolute Gasteiger partial charge is 0.379 e. The van der Waals surface area contributed by atoms with Crippen LogP contribution in [0.5, 0.6) is 0 Å². The fourth-order valence-electron chi connectivity index (χ4n) is 2.02. The summed E-state index contributed by atoms with van der Waals surface area (Å²) in [5.41, 5.74) is 2.44. The molecule has 0 aliphatic carbocycles. The molecular weight excluding hydrogens is 254 g/mol. The molecule has 0 aliphatic rings. The Morgan fingerprint density at radius 3 is 2.89 bits per heavy atom. The maximum absolute atomic E-state index is 4.23. The summed E-state index contributed by atoms with van der Waals surface area (Å²) in [6.45, 7) is 6.21. The molecular formula is C15H21N3S. The average molecular weight is 275 g/mol. The Morgan fingerprint density at radius 1 is 1.26 bits per heavy atom. The monoisotopic (exact) mass is 275 g/mol. The number of para-hydroxylation sites is 1. The summed E-state index contributed by atoms with van der Waals surface area (Å²) >= 11 is 1.87. The van der Waals surface area contributed by atoms with Crippen LogP contribution in [-0.2, 0) is 13.1 Å². The van der Waals surface area contributed by atoms with Gasteiger partial charge < -0.3 is 9.88 Å². The highest BCUT2D eigenvalue weighted by Crippen LogP contribution is 2.26. The van der Waals surface area contributed by atoms with Gasteiger partial charge in [-0.1, -0.05) is 26.0 Å². The van der Waals surface area contributed by atoms with Crippen molar-refractivity contribution >= 4 is 17.4 Å². The van der Waals surface area contributed by atoms with Crippen molar-refractivity contribution in [1.82, 2.24) is 9.55 Å². The number of imidazole rings is 1. The van der Waals surface area contributed by atoms with Crippen LogP contribution in [0.4, 0.5) is 5.69 Å². The van der Waals surface area contributed by atoms with E-state index < -0.39 is 0 Å². The van der Waals surface area contributed by atoms with Crippen molar-refractivity contribution in [3.63, 3.8) is 0 Å². The SMILES string of the molecule is CCCn1cncc1CNc1ccccc1SCC. The van der Waals surface area contributed by atoms with Gasteiger partial charge in [-0.2, -0.15) is 0 Å². The zero-order valence-corrected chi connectivity index (χ0v) is 12.4. The van der Waals surface area contributed by atoms with Gasteiger partial charge in [-0.15, -0.1) is 11.8 Å². The second-order valence-electron chi connectivity index (χ2n) is 4.36. The first-order valence-electron chi connectivity index (χ1n) is 6.79. The van der Waals surface area contributed by atoms with Crippen molar-refractivity contribution in [3.05, 3.63) is 42.5 Å². The van der Waals surface area contributed by atoms with Gasteiger partial charge >= 0.3 is 0 Å². The molecule has 1 aromatic heterocycles. The summed E-state index contributed by atoms with van der Waals surface area (Å²) in [7, 11) is 0. The van der Waals surface area contributed by atoms with E-state index in [1.165, 1.54) is 16.3 Å². The molecule has 19 heavy (non-hydrogen) atoms. The lowest BCUT2D eigenvalue weighted by Crippen LogP contribution is -2.07. The summed E-state index contributed by atoms with van der Waals surface area (Å²) in [5.74, 6) is 1.09. The van der Waals surface area contributed by atoms with Gasteiger partial charge in [-0.05, 0) is 24.3 Å². The first-order chi connectivity index (χ1) is 9.35. The van der Waals surface area contributed by atoms with Crippen molar-refractivity contribution in [1.29, 1.82) is 0 Å². The van der Waals surface area contributed by atoms with Gasteiger partial charge in [0.15, 0.2) is 0 Å². The van der Waals surface area contributed by atoms with E-state index in [2.05, 4.69) is 53.0 Å². The Kier molecular flexibility index (Phi) is 5.33. The molecule has 0 atom stereocenters. The Hall–Kier alpha value is -1.42. The highest BCUT2D eigenvalue weighted by molar-refractivity contribution is 7.99. The third-order valence-electron chi connectivity index (χ3n) is 2.91. The Bertz CT molecular complexity index is 508. The number of hydrogen-bond donors (Lipinski definition) is 1. The van der Waals surface area contributed by atoms with E-state index in [-0.39, 0.29) is 0 Å². The van der Waals surface area contributed by atoms with Gasteiger partial charge in [0.05, 0.1) is 18.6 Å². The second kappa shape index (κ2) is 7.24. The molecule has 1 aromatic carbocycles. The van der Waals surface area contributed by atoms with Crippen LogP contribution in [0.2, 0.25) is 0 Å².